The smallest absolute Gasteiger partial charge is 0.303 e. The van der Waals surface area contributed by atoms with Gasteiger partial charge in [0.05, 0.1) is 0 Å². The predicted molar refractivity (Wildman–Crippen MR) is 106 cm³/mol. The molecule has 3 atom stereocenters. The summed E-state index contributed by atoms with van der Waals surface area (Å²) in [5, 5.41) is 8.67. The molecule has 2 rings (SSSR count). The Morgan fingerprint density at radius 2 is 1.72 bits per heavy atom. The number of hydrogen-bond acceptors (Lipinski definition) is 1. The van der Waals surface area contributed by atoms with E-state index in [1.807, 2.05) is 0 Å². The molecule has 2 aliphatic rings. The summed E-state index contributed by atoms with van der Waals surface area (Å²) in [6, 6.07) is 0. The highest BCUT2D eigenvalue weighted by Gasteiger charge is 2.51. The molecule has 144 valence electrons. The molecule has 0 aromatic rings. The van der Waals surface area contributed by atoms with Crippen LogP contribution in [0, 0.1) is 22.7 Å². The molecule has 0 amide bonds. The Bertz CT molecular complexity index is 476. The highest BCUT2D eigenvalue weighted by Crippen LogP contribution is 2.60. The Labute approximate surface area is 155 Å². The van der Waals surface area contributed by atoms with E-state index >= 15 is 0 Å². The number of carboxylic acids is 1. The summed E-state index contributed by atoms with van der Waals surface area (Å²) in [4.78, 5) is 10.5. The molecule has 2 nitrogen and oxygen atoms in total. The standard InChI is InChI=1S/C23H40O2/c1-18-14-15-20-22(2,3)16-11-17-23(20,4)19(18)12-9-7-5-6-8-10-13-21(24)25/h14,19-20H,5-13,15-17H2,1-4H3,(H,24,25)/t19-,20-,23+/m0/s1. The lowest BCUT2D eigenvalue weighted by Crippen LogP contribution is -2.48. The SMILES string of the molecule is CC1=CC[C@H]2C(C)(C)CCC[C@]2(C)[C@H]1CCCCCCCCC(=O)O. The number of carboxylic acid groups (broad SMARTS) is 1. The number of fused-ring (bicyclic) bond motifs is 1. The largest absolute Gasteiger partial charge is 0.481 e. The maximum atomic E-state index is 10.5. The van der Waals surface area contributed by atoms with Gasteiger partial charge in [-0.1, -0.05) is 70.9 Å². The van der Waals surface area contributed by atoms with Gasteiger partial charge in [0.1, 0.15) is 0 Å². The molecule has 1 fully saturated rings. The molecule has 0 aromatic carbocycles. The van der Waals surface area contributed by atoms with Crippen LogP contribution < -0.4 is 0 Å². The van der Waals surface area contributed by atoms with Gasteiger partial charge in [-0.25, -0.2) is 0 Å². The van der Waals surface area contributed by atoms with Gasteiger partial charge >= 0.3 is 5.97 Å². The number of carbonyl (C=O) groups is 1. The minimum Gasteiger partial charge on any atom is -0.481 e. The third-order valence-corrected chi connectivity index (χ3v) is 7.43. The molecule has 0 spiro atoms. The third kappa shape index (κ3) is 5.11. The average molecular weight is 349 g/mol. The third-order valence-electron chi connectivity index (χ3n) is 7.43. The highest BCUT2D eigenvalue weighted by molar-refractivity contribution is 5.66. The Morgan fingerprint density at radius 1 is 1.08 bits per heavy atom. The van der Waals surface area contributed by atoms with Crippen LogP contribution in [0.3, 0.4) is 0 Å². The number of unbranched alkanes of at least 4 members (excludes halogenated alkanes) is 5. The molecule has 0 heterocycles. The van der Waals surface area contributed by atoms with Gasteiger partial charge in [-0.3, -0.25) is 4.79 Å². The first kappa shape index (κ1) is 20.5. The number of hydrogen-bond donors (Lipinski definition) is 1. The number of allylic oxidation sites excluding steroid dienone is 2. The van der Waals surface area contributed by atoms with Crippen LogP contribution in [0.5, 0.6) is 0 Å². The molecule has 2 aliphatic carbocycles. The van der Waals surface area contributed by atoms with Crippen LogP contribution in [0.1, 0.15) is 105 Å². The van der Waals surface area contributed by atoms with Crippen molar-refractivity contribution >= 4 is 5.97 Å². The first-order chi connectivity index (χ1) is 11.8. The number of aliphatic carboxylic acids is 1. The second-order valence-corrected chi connectivity index (χ2v) is 9.69. The van der Waals surface area contributed by atoms with Crippen LogP contribution in [0.25, 0.3) is 0 Å². The van der Waals surface area contributed by atoms with Crippen molar-refractivity contribution in [1.29, 1.82) is 0 Å². The van der Waals surface area contributed by atoms with Crippen molar-refractivity contribution in [2.45, 2.75) is 105 Å². The molecule has 0 unspecified atom stereocenters. The van der Waals surface area contributed by atoms with Crippen molar-refractivity contribution in [3.05, 3.63) is 11.6 Å². The minimum atomic E-state index is -0.655. The van der Waals surface area contributed by atoms with E-state index in [0.717, 1.165) is 24.7 Å². The Kier molecular flexibility index (Phi) is 7.17. The van der Waals surface area contributed by atoms with Crippen molar-refractivity contribution in [3.63, 3.8) is 0 Å². The molecule has 0 saturated heterocycles. The van der Waals surface area contributed by atoms with E-state index in [1.165, 1.54) is 57.8 Å². The van der Waals surface area contributed by atoms with Crippen molar-refractivity contribution < 1.29 is 9.90 Å². The molecular weight excluding hydrogens is 308 g/mol. The van der Waals surface area contributed by atoms with E-state index in [9.17, 15) is 4.79 Å². The zero-order chi connectivity index (χ0) is 18.5. The predicted octanol–water partition coefficient (Wildman–Crippen LogP) is 6.99. The van der Waals surface area contributed by atoms with Crippen LogP contribution in [0.2, 0.25) is 0 Å². The van der Waals surface area contributed by atoms with Gasteiger partial charge in [-0.2, -0.15) is 0 Å². The van der Waals surface area contributed by atoms with E-state index in [1.54, 1.807) is 5.57 Å². The zero-order valence-corrected chi connectivity index (χ0v) is 17.1. The van der Waals surface area contributed by atoms with Gasteiger partial charge in [0.2, 0.25) is 0 Å². The molecule has 2 heteroatoms. The second-order valence-electron chi connectivity index (χ2n) is 9.69. The minimum absolute atomic E-state index is 0.335. The Balaban J connectivity index is 1.79. The van der Waals surface area contributed by atoms with Crippen LogP contribution in [-0.4, -0.2) is 11.1 Å². The molecule has 0 radical (unpaired) electrons. The van der Waals surface area contributed by atoms with Crippen molar-refractivity contribution in [3.8, 4) is 0 Å². The molecule has 1 saturated carbocycles. The van der Waals surface area contributed by atoms with E-state index in [4.69, 9.17) is 5.11 Å². The van der Waals surface area contributed by atoms with Crippen LogP contribution >= 0.6 is 0 Å². The first-order valence-electron chi connectivity index (χ1n) is 10.7. The topological polar surface area (TPSA) is 37.3 Å². The van der Waals surface area contributed by atoms with Crippen LogP contribution in [0.15, 0.2) is 11.6 Å². The fourth-order valence-corrected chi connectivity index (χ4v) is 6.03. The fourth-order valence-electron chi connectivity index (χ4n) is 6.03. The van der Waals surface area contributed by atoms with Gasteiger partial charge in [-0.05, 0) is 61.7 Å². The van der Waals surface area contributed by atoms with Crippen molar-refractivity contribution in [1.82, 2.24) is 0 Å². The lowest BCUT2D eigenvalue weighted by atomic mass is 9.48. The average Bonchev–Trinajstić information content (AvgIpc) is 2.51. The number of rotatable bonds is 9. The van der Waals surface area contributed by atoms with Crippen molar-refractivity contribution in [2.24, 2.45) is 22.7 Å². The molecule has 0 bridgehead atoms. The van der Waals surface area contributed by atoms with Gasteiger partial charge < -0.3 is 5.11 Å². The molecule has 25 heavy (non-hydrogen) atoms. The monoisotopic (exact) mass is 348 g/mol. The molecule has 1 N–H and O–H groups in total. The van der Waals surface area contributed by atoms with Crippen LogP contribution in [0.4, 0.5) is 0 Å². The first-order valence-corrected chi connectivity index (χ1v) is 10.7. The summed E-state index contributed by atoms with van der Waals surface area (Å²) < 4.78 is 0. The molecule has 0 aromatic heterocycles. The fraction of sp³-hybridized carbons (Fsp3) is 0.870. The Hall–Kier alpha value is -0.790. The van der Waals surface area contributed by atoms with Gasteiger partial charge in [0.15, 0.2) is 0 Å². The molecule has 0 aliphatic heterocycles. The van der Waals surface area contributed by atoms with E-state index in [0.29, 0.717) is 17.3 Å². The summed E-state index contributed by atoms with van der Waals surface area (Å²) in [5.74, 6) is 0.967. The van der Waals surface area contributed by atoms with Crippen LogP contribution in [-0.2, 0) is 4.79 Å². The van der Waals surface area contributed by atoms with E-state index in [2.05, 4.69) is 33.8 Å². The van der Waals surface area contributed by atoms with Gasteiger partial charge in [0, 0.05) is 6.42 Å². The quantitative estimate of drug-likeness (QED) is 0.360. The Morgan fingerprint density at radius 3 is 2.40 bits per heavy atom. The lowest BCUT2D eigenvalue weighted by molar-refractivity contribution is -0.137. The second kappa shape index (κ2) is 8.73. The van der Waals surface area contributed by atoms with Crippen molar-refractivity contribution in [2.75, 3.05) is 0 Å². The van der Waals surface area contributed by atoms with Gasteiger partial charge in [0.25, 0.3) is 0 Å². The normalized spacial score (nSPS) is 31.3. The van der Waals surface area contributed by atoms with Gasteiger partial charge in [-0.15, -0.1) is 0 Å². The lowest BCUT2D eigenvalue weighted by Gasteiger charge is -2.57. The van der Waals surface area contributed by atoms with E-state index in [-0.39, 0.29) is 0 Å². The maximum Gasteiger partial charge on any atom is 0.303 e. The summed E-state index contributed by atoms with van der Waals surface area (Å²) in [7, 11) is 0. The summed E-state index contributed by atoms with van der Waals surface area (Å²) in [6.07, 6.45) is 16.7. The highest BCUT2D eigenvalue weighted by atomic mass is 16.4. The molecular formula is C23H40O2. The summed E-state index contributed by atoms with van der Waals surface area (Å²) in [6.45, 7) is 9.96. The van der Waals surface area contributed by atoms with E-state index < -0.39 is 5.97 Å². The zero-order valence-electron chi connectivity index (χ0n) is 17.1. The summed E-state index contributed by atoms with van der Waals surface area (Å²) >= 11 is 0. The maximum absolute atomic E-state index is 10.5. The summed E-state index contributed by atoms with van der Waals surface area (Å²) in [5.41, 5.74) is 2.65.